The second-order valence-electron chi connectivity index (χ2n) is 11.4. The second-order valence-corrected chi connectivity index (χ2v) is 11.8. The van der Waals surface area contributed by atoms with Gasteiger partial charge < -0.3 is 14.8 Å². The summed E-state index contributed by atoms with van der Waals surface area (Å²) in [7, 11) is 0. The number of hydrogen-bond donors (Lipinski definition) is 3. The lowest BCUT2D eigenvalue weighted by atomic mass is 9.92. The van der Waals surface area contributed by atoms with Crippen LogP contribution in [0.25, 0.3) is 11.3 Å². The van der Waals surface area contributed by atoms with E-state index in [1.165, 1.54) is 0 Å². The van der Waals surface area contributed by atoms with Crippen molar-refractivity contribution in [3.8, 4) is 22.8 Å². The highest BCUT2D eigenvalue weighted by atomic mass is 35.5. The summed E-state index contributed by atoms with van der Waals surface area (Å²) < 4.78 is 5.69. The number of rotatable bonds is 10. The Morgan fingerprint density at radius 2 is 1.80 bits per heavy atom. The summed E-state index contributed by atoms with van der Waals surface area (Å²) in [6.45, 7) is 11.1. The van der Waals surface area contributed by atoms with E-state index in [1.807, 2.05) is 56.4 Å². The molecule has 0 bridgehead atoms. The van der Waals surface area contributed by atoms with Gasteiger partial charge in [0.25, 0.3) is 5.91 Å². The number of hydrazine groups is 1. The van der Waals surface area contributed by atoms with Crippen LogP contribution in [-0.4, -0.2) is 32.1 Å². The quantitative estimate of drug-likeness (QED) is 0.179. The van der Waals surface area contributed by atoms with Gasteiger partial charge in [-0.25, -0.2) is 9.99 Å². The molecule has 0 aliphatic rings. The Bertz CT molecular complexity index is 1440. The Balaban J connectivity index is 1.51. The van der Waals surface area contributed by atoms with E-state index in [4.69, 9.17) is 16.3 Å². The van der Waals surface area contributed by atoms with E-state index in [1.54, 1.807) is 35.3 Å². The van der Waals surface area contributed by atoms with Gasteiger partial charge in [-0.05, 0) is 54.7 Å². The molecule has 8 heteroatoms. The van der Waals surface area contributed by atoms with E-state index in [2.05, 4.69) is 36.2 Å². The van der Waals surface area contributed by atoms with Gasteiger partial charge in [0.2, 0.25) is 0 Å². The Morgan fingerprint density at radius 1 is 1.07 bits per heavy atom. The lowest BCUT2D eigenvalue weighted by Gasteiger charge is -2.24. The monoisotopic (exact) mass is 560 g/mol. The number of benzene rings is 3. The van der Waals surface area contributed by atoms with Crippen molar-refractivity contribution in [2.45, 2.75) is 60.2 Å². The number of imidazole rings is 1. The molecule has 0 fully saturated rings. The van der Waals surface area contributed by atoms with Crippen molar-refractivity contribution in [2.24, 2.45) is 5.41 Å². The summed E-state index contributed by atoms with van der Waals surface area (Å²) in [6.07, 6.45) is 2.70. The predicted molar refractivity (Wildman–Crippen MR) is 159 cm³/mol. The number of phenolic OH excluding ortho intramolecular Hbond substituents is 1. The molecular formula is C32H37ClN4O3. The van der Waals surface area contributed by atoms with E-state index in [9.17, 15) is 9.90 Å². The van der Waals surface area contributed by atoms with Crippen molar-refractivity contribution in [3.63, 3.8) is 0 Å². The normalized spacial score (nSPS) is 11.7. The summed E-state index contributed by atoms with van der Waals surface area (Å²) in [5.41, 5.74) is 7.23. The van der Waals surface area contributed by atoms with Crippen LogP contribution in [0, 0.1) is 5.41 Å². The molecule has 0 aliphatic heterocycles. The van der Waals surface area contributed by atoms with Crippen LogP contribution in [0.4, 0.5) is 0 Å². The SMILES string of the molecule is CC(C)Oc1ccc(C(=O)NN(Cc2ccc(-c3cnc(CC(C)(C)C)[nH]3)cc2)Cc2ccccc2O)cc1Cl. The Morgan fingerprint density at radius 3 is 2.45 bits per heavy atom. The van der Waals surface area contributed by atoms with E-state index < -0.39 is 0 Å². The van der Waals surface area contributed by atoms with Crippen LogP contribution in [-0.2, 0) is 19.5 Å². The number of halogens is 1. The highest BCUT2D eigenvalue weighted by Gasteiger charge is 2.17. The Hall–Kier alpha value is -3.81. The fourth-order valence-electron chi connectivity index (χ4n) is 4.30. The van der Waals surface area contributed by atoms with Crippen LogP contribution in [0.15, 0.2) is 72.9 Å². The molecule has 4 aromatic rings. The first-order valence-electron chi connectivity index (χ1n) is 13.4. The molecule has 40 heavy (non-hydrogen) atoms. The third-order valence-electron chi connectivity index (χ3n) is 6.13. The van der Waals surface area contributed by atoms with E-state index >= 15 is 0 Å². The van der Waals surface area contributed by atoms with Gasteiger partial charge in [-0.1, -0.05) is 74.8 Å². The minimum atomic E-state index is -0.311. The number of phenols is 1. The van der Waals surface area contributed by atoms with Crippen LogP contribution < -0.4 is 10.2 Å². The smallest absolute Gasteiger partial charge is 0.265 e. The average molecular weight is 561 g/mol. The number of para-hydroxylation sites is 1. The first kappa shape index (κ1) is 29.2. The van der Waals surface area contributed by atoms with Crippen LogP contribution >= 0.6 is 11.6 Å². The number of carbonyl (C=O) groups excluding carboxylic acids is 1. The third-order valence-corrected chi connectivity index (χ3v) is 6.43. The molecule has 1 heterocycles. The number of nitrogens with zero attached hydrogens (tertiary/aromatic N) is 2. The van der Waals surface area contributed by atoms with Gasteiger partial charge in [0.15, 0.2) is 0 Å². The van der Waals surface area contributed by atoms with Crippen molar-refractivity contribution >= 4 is 17.5 Å². The maximum atomic E-state index is 13.2. The first-order valence-corrected chi connectivity index (χ1v) is 13.8. The summed E-state index contributed by atoms with van der Waals surface area (Å²) in [5, 5.41) is 12.5. The van der Waals surface area contributed by atoms with Crippen molar-refractivity contribution in [1.82, 2.24) is 20.4 Å². The number of ether oxygens (including phenoxy) is 1. The summed E-state index contributed by atoms with van der Waals surface area (Å²) in [4.78, 5) is 21.2. The van der Waals surface area contributed by atoms with Crippen LogP contribution in [0.5, 0.6) is 11.5 Å². The minimum absolute atomic E-state index is 0.0311. The molecule has 3 N–H and O–H groups in total. The van der Waals surface area contributed by atoms with Gasteiger partial charge in [0.05, 0.1) is 23.0 Å². The standard InChI is InChI=1S/C32H37ClN4O3/c1-21(2)40-29-15-14-24(16-26(29)33)31(39)36-37(20-25-8-6-7-9-28(25)38)19-22-10-12-23(13-11-22)27-18-34-30(35-27)17-32(3,4)5/h6-16,18,21,38H,17,19-20H2,1-5H3,(H,34,35)(H,36,39). The number of nitrogens with one attached hydrogen (secondary N) is 2. The highest BCUT2D eigenvalue weighted by molar-refractivity contribution is 6.32. The minimum Gasteiger partial charge on any atom is -0.508 e. The predicted octanol–water partition coefficient (Wildman–Crippen LogP) is 7.16. The number of hydrogen-bond acceptors (Lipinski definition) is 5. The number of aromatic nitrogens is 2. The molecule has 0 spiro atoms. The Labute approximate surface area is 241 Å². The molecule has 1 amide bonds. The van der Waals surface area contributed by atoms with E-state index in [-0.39, 0.29) is 23.2 Å². The van der Waals surface area contributed by atoms with E-state index in [0.717, 1.165) is 29.1 Å². The zero-order valence-corrected chi connectivity index (χ0v) is 24.4. The lowest BCUT2D eigenvalue weighted by Crippen LogP contribution is -2.41. The molecular weight excluding hydrogens is 524 g/mol. The fourth-order valence-corrected chi connectivity index (χ4v) is 4.52. The van der Waals surface area contributed by atoms with Crippen LogP contribution in [0.1, 0.15) is 61.9 Å². The fraction of sp³-hybridized carbons (Fsp3) is 0.312. The van der Waals surface area contributed by atoms with Crippen LogP contribution in [0.2, 0.25) is 5.02 Å². The highest BCUT2D eigenvalue weighted by Crippen LogP contribution is 2.27. The van der Waals surface area contributed by atoms with Gasteiger partial charge in [-0.2, -0.15) is 0 Å². The zero-order valence-electron chi connectivity index (χ0n) is 23.7. The molecule has 1 aromatic heterocycles. The average Bonchev–Trinajstić information content (AvgIpc) is 3.33. The molecule has 0 aliphatic carbocycles. The molecule has 0 atom stereocenters. The number of H-pyrrole nitrogens is 1. The van der Waals surface area contributed by atoms with Gasteiger partial charge >= 0.3 is 0 Å². The molecule has 0 saturated heterocycles. The number of aromatic amines is 1. The van der Waals surface area contributed by atoms with Crippen molar-refractivity contribution in [3.05, 3.63) is 100 Å². The van der Waals surface area contributed by atoms with Crippen molar-refractivity contribution in [2.75, 3.05) is 0 Å². The molecule has 4 rings (SSSR count). The van der Waals surface area contributed by atoms with Gasteiger partial charge in [-0.3, -0.25) is 10.2 Å². The molecule has 210 valence electrons. The zero-order chi connectivity index (χ0) is 28.9. The summed E-state index contributed by atoms with van der Waals surface area (Å²) in [6, 6.07) is 20.2. The number of aromatic hydroxyl groups is 1. The molecule has 3 aromatic carbocycles. The van der Waals surface area contributed by atoms with Gasteiger partial charge in [0.1, 0.15) is 17.3 Å². The molecule has 0 saturated carbocycles. The number of amides is 1. The molecule has 7 nitrogen and oxygen atoms in total. The van der Waals surface area contributed by atoms with Crippen LogP contribution in [0.3, 0.4) is 0 Å². The van der Waals surface area contributed by atoms with Crippen molar-refractivity contribution in [1.29, 1.82) is 0 Å². The topological polar surface area (TPSA) is 90.5 Å². The molecule has 0 radical (unpaired) electrons. The maximum Gasteiger partial charge on any atom is 0.265 e. The largest absolute Gasteiger partial charge is 0.508 e. The second kappa shape index (κ2) is 12.6. The summed E-state index contributed by atoms with van der Waals surface area (Å²) >= 11 is 6.37. The van der Waals surface area contributed by atoms with Gasteiger partial charge in [0, 0.05) is 30.6 Å². The maximum absolute atomic E-state index is 13.2. The van der Waals surface area contributed by atoms with E-state index in [0.29, 0.717) is 35.0 Å². The lowest BCUT2D eigenvalue weighted by molar-refractivity contribution is 0.0757. The molecule has 0 unspecified atom stereocenters. The Kier molecular flexibility index (Phi) is 9.17. The first-order chi connectivity index (χ1) is 19.0. The van der Waals surface area contributed by atoms with Gasteiger partial charge in [-0.15, -0.1) is 0 Å². The summed E-state index contributed by atoms with van der Waals surface area (Å²) in [5.74, 6) is 1.35. The third kappa shape index (κ3) is 8.10. The van der Waals surface area contributed by atoms with Crippen molar-refractivity contribution < 1.29 is 14.6 Å². The number of carbonyl (C=O) groups is 1.